The van der Waals surface area contributed by atoms with Gasteiger partial charge >= 0.3 is 0 Å². The van der Waals surface area contributed by atoms with Crippen LogP contribution in [0.1, 0.15) is 44.6 Å². The van der Waals surface area contributed by atoms with Crippen LogP contribution in [0.4, 0.5) is 0 Å². The van der Waals surface area contributed by atoms with Gasteiger partial charge in [-0.15, -0.1) is 0 Å². The number of benzene rings is 2. The molecule has 2 N–H and O–H groups in total. The number of aromatic hydroxyl groups is 1. The highest BCUT2D eigenvalue weighted by Gasteiger charge is 2.40. The number of fused-ring (bicyclic) bond motifs is 2. The van der Waals surface area contributed by atoms with Crippen LogP contribution in [0.25, 0.3) is 27.6 Å². The molecule has 1 atom stereocenters. The maximum Gasteiger partial charge on any atom is 0.254 e. The number of aliphatic imine (C=N–C) groups is 1. The third-order valence-corrected chi connectivity index (χ3v) is 9.18. The molecule has 0 spiro atoms. The lowest BCUT2D eigenvalue weighted by Crippen LogP contribution is -2.43. The third-order valence-electron chi connectivity index (χ3n) is 9.18. The first kappa shape index (κ1) is 25.1. The maximum atomic E-state index is 14.2. The molecule has 0 radical (unpaired) electrons. The van der Waals surface area contributed by atoms with E-state index in [0.717, 1.165) is 107 Å². The van der Waals surface area contributed by atoms with Crippen LogP contribution in [0, 0.1) is 0 Å². The van der Waals surface area contributed by atoms with Crippen molar-refractivity contribution in [3.05, 3.63) is 64.7 Å². The van der Waals surface area contributed by atoms with Crippen LogP contribution in [-0.4, -0.2) is 77.4 Å². The molecule has 206 valence electrons. The van der Waals surface area contributed by atoms with Gasteiger partial charge < -0.3 is 24.6 Å². The van der Waals surface area contributed by atoms with Gasteiger partial charge in [0.05, 0.1) is 18.4 Å². The summed E-state index contributed by atoms with van der Waals surface area (Å²) in [5, 5.41) is 12.1. The summed E-state index contributed by atoms with van der Waals surface area (Å²) in [5.41, 5.74) is 8.28. The highest BCUT2D eigenvalue weighted by Crippen LogP contribution is 2.46. The molecule has 40 heavy (non-hydrogen) atoms. The van der Waals surface area contributed by atoms with Gasteiger partial charge in [0.2, 0.25) is 0 Å². The predicted octanol–water partition coefficient (Wildman–Crippen LogP) is 5.56. The molecular weight excluding hydrogens is 500 g/mol. The molecule has 1 aromatic heterocycles. The van der Waals surface area contributed by atoms with Crippen LogP contribution in [0.15, 0.2) is 64.2 Å². The second kappa shape index (κ2) is 9.97. The van der Waals surface area contributed by atoms with Crippen molar-refractivity contribution in [1.82, 2.24) is 14.8 Å². The molecule has 7 rings (SSSR count). The standard InChI is InChI=1S/C33H36N4O3/c1-20-28(33(39)37-17-5-6-23(37)19-36-15-3-4-16-36)26-13-14-34-31(26)29(20)30-25-12-9-22(18-27(25)35-32(30)38)21-7-10-24(40-2)11-8-21/h7-12,18,23,35,38H,3-6,13-17,19H2,1-2H3/t23-/m0/s1. The number of allylic oxidation sites excluding steroid dienone is 1. The summed E-state index contributed by atoms with van der Waals surface area (Å²) >= 11 is 0. The van der Waals surface area contributed by atoms with Gasteiger partial charge in [0, 0.05) is 47.7 Å². The lowest BCUT2D eigenvalue weighted by atomic mass is 9.96. The van der Waals surface area contributed by atoms with E-state index in [2.05, 4.69) is 33.0 Å². The average molecular weight is 537 g/mol. The molecule has 1 aliphatic carbocycles. The van der Waals surface area contributed by atoms with Gasteiger partial charge in [-0.3, -0.25) is 9.79 Å². The lowest BCUT2D eigenvalue weighted by molar-refractivity contribution is -0.128. The summed E-state index contributed by atoms with van der Waals surface area (Å²) in [6.07, 6.45) is 5.42. The van der Waals surface area contributed by atoms with Crippen LogP contribution in [0.2, 0.25) is 0 Å². The Bertz CT molecular complexity index is 1590. The third kappa shape index (κ3) is 4.06. The lowest BCUT2D eigenvalue weighted by Gasteiger charge is -2.29. The van der Waals surface area contributed by atoms with Crippen molar-refractivity contribution in [2.24, 2.45) is 4.99 Å². The Morgan fingerprint density at radius 1 is 1.07 bits per heavy atom. The molecular formula is C33H36N4O3. The molecule has 7 nitrogen and oxygen atoms in total. The molecule has 3 aromatic rings. The minimum atomic E-state index is 0.118. The zero-order valence-corrected chi connectivity index (χ0v) is 23.3. The number of rotatable bonds is 6. The predicted molar refractivity (Wildman–Crippen MR) is 159 cm³/mol. The summed E-state index contributed by atoms with van der Waals surface area (Å²) in [4.78, 5) is 26.9. The van der Waals surface area contributed by atoms with E-state index in [1.54, 1.807) is 7.11 Å². The molecule has 4 heterocycles. The molecule has 1 amide bonds. The van der Waals surface area contributed by atoms with Crippen molar-refractivity contribution < 1.29 is 14.6 Å². The Morgan fingerprint density at radius 3 is 2.62 bits per heavy atom. The molecule has 0 bridgehead atoms. The van der Waals surface area contributed by atoms with E-state index >= 15 is 0 Å². The number of methoxy groups -OCH3 is 1. The quantitative estimate of drug-likeness (QED) is 0.432. The number of carbonyl (C=O) groups excluding carboxylic acids is 1. The molecule has 2 fully saturated rings. The molecule has 0 saturated carbocycles. The van der Waals surface area contributed by atoms with Crippen molar-refractivity contribution >= 4 is 28.1 Å². The van der Waals surface area contributed by atoms with E-state index in [-0.39, 0.29) is 17.8 Å². The van der Waals surface area contributed by atoms with E-state index in [1.807, 2.05) is 31.2 Å². The number of amides is 1. The molecule has 7 heteroatoms. The number of likely N-dealkylation sites (tertiary alicyclic amines) is 2. The van der Waals surface area contributed by atoms with Gasteiger partial charge in [0.1, 0.15) is 5.75 Å². The molecule has 0 unspecified atom stereocenters. The Hall–Kier alpha value is -3.84. The molecule has 2 saturated heterocycles. The topological polar surface area (TPSA) is 81.2 Å². The zero-order valence-electron chi connectivity index (χ0n) is 23.3. The summed E-state index contributed by atoms with van der Waals surface area (Å²) in [5.74, 6) is 1.07. The zero-order chi connectivity index (χ0) is 27.4. The Morgan fingerprint density at radius 2 is 1.85 bits per heavy atom. The second-order valence-corrected chi connectivity index (χ2v) is 11.5. The molecule has 2 aromatic carbocycles. The fraction of sp³-hybridized carbons (Fsp3) is 0.394. The number of aromatic amines is 1. The van der Waals surface area contributed by atoms with Crippen LogP contribution in [0.3, 0.4) is 0 Å². The Labute approximate surface area is 234 Å². The largest absolute Gasteiger partial charge is 0.497 e. The number of hydrogen-bond donors (Lipinski definition) is 2. The number of carbonyl (C=O) groups is 1. The monoisotopic (exact) mass is 536 g/mol. The van der Waals surface area contributed by atoms with Crippen molar-refractivity contribution in [1.29, 1.82) is 0 Å². The Kier molecular flexibility index (Phi) is 6.27. The number of aromatic nitrogens is 1. The number of ether oxygens (including phenoxy) is 1. The number of nitrogens with zero attached hydrogens (tertiary/aromatic N) is 3. The van der Waals surface area contributed by atoms with Crippen molar-refractivity contribution in [2.45, 2.75) is 45.1 Å². The first-order chi connectivity index (χ1) is 19.5. The first-order valence-corrected chi connectivity index (χ1v) is 14.6. The van der Waals surface area contributed by atoms with Gasteiger partial charge in [-0.25, -0.2) is 0 Å². The first-order valence-electron chi connectivity index (χ1n) is 14.6. The second-order valence-electron chi connectivity index (χ2n) is 11.5. The fourth-order valence-electron chi connectivity index (χ4n) is 7.19. The minimum Gasteiger partial charge on any atom is -0.497 e. The number of nitrogens with one attached hydrogen (secondary N) is 1. The van der Waals surface area contributed by atoms with Gasteiger partial charge in [-0.05, 0) is 92.6 Å². The summed E-state index contributed by atoms with van der Waals surface area (Å²) in [6.45, 7) is 6.80. The maximum absolute atomic E-state index is 14.2. The normalized spacial score (nSPS) is 21.2. The van der Waals surface area contributed by atoms with Crippen LogP contribution >= 0.6 is 0 Å². The average Bonchev–Trinajstić information content (AvgIpc) is 3.79. The van der Waals surface area contributed by atoms with Crippen LogP contribution in [-0.2, 0) is 4.79 Å². The Balaban J connectivity index is 1.24. The van der Waals surface area contributed by atoms with Gasteiger partial charge in [-0.1, -0.05) is 24.3 Å². The van der Waals surface area contributed by atoms with Crippen LogP contribution in [0.5, 0.6) is 11.6 Å². The van der Waals surface area contributed by atoms with E-state index in [9.17, 15) is 9.90 Å². The van der Waals surface area contributed by atoms with Crippen molar-refractivity contribution in [2.75, 3.05) is 39.8 Å². The molecule has 4 aliphatic rings. The summed E-state index contributed by atoms with van der Waals surface area (Å²) < 4.78 is 5.30. The van der Waals surface area contributed by atoms with E-state index in [1.165, 1.54) is 12.8 Å². The van der Waals surface area contributed by atoms with E-state index in [4.69, 9.17) is 9.73 Å². The van der Waals surface area contributed by atoms with E-state index < -0.39 is 0 Å². The van der Waals surface area contributed by atoms with Crippen LogP contribution < -0.4 is 4.74 Å². The SMILES string of the molecule is COc1ccc(-c2ccc3c(C4=C(C)C(C(=O)N5CCC[C@H]5CN5CCCC5)=C5CCN=C54)c(O)[nH]c3c2)cc1. The number of hydrogen-bond acceptors (Lipinski definition) is 5. The highest BCUT2D eigenvalue weighted by molar-refractivity contribution is 6.41. The fourth-order valence-corrected chi connectivity index (χ4v) is 7.19. The van der Waals surface area contributed by atoms with Gasteiger partial charge in [0.15, 0.2) is 5.88 Å². The molecule has 3 aliphatic heterocycles. The summed E-state index contributed by atoms with van der Waals surface area (Å²) in [6, 6.07) is 14.4. The van der Waals surface area contributed by atoms with Gasteiger partial charge in [0.25, 0.3) is 5.91 Å². The van der Waals surface area contributed by atoms with Gasteiger partial charge in [-0.2, -0.15) is 0 Å². The van der Waals surface area contributed by atoms with Crippen molar-refractivity contribution in [3.8, 4) is 22.8 Å². The highest BCUT2D eigenvalue weighted by atomic mass is 16.5. The smallest absolute Gasteiger partial charge is 0.254 e. The van der Waals surface area contributed by atoms with Crippen molar-refractivity contribution in [3.63, 3.8) is 0 Å². The minimum absolute atomic E-state index is 0.118. The summed E-state index contributed by atoms with van der Waals surface area (Å²) in [7, 11) is 1.66. The van der Waals surface area contributed by atoms with E-state index in [0.29, 0.717) is 6.54 Å². The number of H-pyrrole nitrogens is 1.